The van der Waals surface area contributed by atoms with Gasteiger partial charge in [-0.25, -0.2) is 4.79 Å². The second-order valence-electron chi connectivity index (χ2n) is 5.72. The summed E-state index contributed by atoms with van der Waals surface area (Å²) in [5.74, 6) is -1.30. The molecule has 24 heavy (non-hydrogen) atoms. The smallest absolute Gasteiger partial charge is 0.338 e. The monoisotopic (exact) mass is 327 g/mol. The van der Waals surface area contributed by atoms with Gasteiger partial charge < -0.3 is 4.74 Å². The van der Waals surface area contributed by atoms with Gasteiger partial charge in [0, 0.05) is 12.7 Å². The molecule has 7 heteroatoms. The first kappa shape index (κ1) is 15.9. The molecule has 1 aromatic carbocycles. The molecule has 1 aliphatic rings. The molecule has 0 fully saturated rings. The van der Waals surface area contributed by atoms with Crippen molar-refractivity contribution in [3.63, 3.8) is 0 Å². The molecular weight excluding hydrogens is 310 g/mol. The van der Waals surface area contributed by atoms with E-state index in [4.69, 9.17) is 4.74 Å². The third kappa shape index (κ3) is 2.68. The van der Waals surface area contributed by atoms with Gasteiger partial charge in [0.25, 0.3) is 11.8 Å². The molecule has 0 atom stereocenters. The van der Waals surface area contributed by atoms with Gasteiger partial charge in [-0.2, -0.15) is 5.10 Å². The van der Waals surface area contributed by atoms with Crippen molar-refractivity contribution in [2.45, 2.75) is 20.4 Å². The molecule has 3 rings (SSSR count). The Morgan fingerprint density at radius 1 is 1.12 bits per heavy atom. The first-order valence-electron chi connectivity index (χ1n) is 7.53. The van der Waals surface area contributed by atoms with E-state index in [1.807, 2.05) is 19.9 Å². The Balaban J connectivity index is 1.67. The molecule has 0 spiro atoms. The normalized spacial score (nSPS) is 13.4. The standard InChI is InChI=1S/C17H17N3O4/c1-10-8-11(2)20(18-10)6-7-24-17(23)12-4-5-13-14(9-12)16(22)19(3)15(13)21/h4-5,8-9H,6-7H2,1-3H3. The predicted octanol–water partition coefficient (Wildman–Crippen LogP) is 1.58. The Hall–Kier alpha value is -2.96. The van der Waals surface area contributed by atoms with Crippen molar-refractivity contribution in [3.8, 4) is 0 Å². The molecular formula is C17H17N3O4. The van der Waals surface area contributed by atoms with Crippen molar-refractivity contribution in [2.24, 2.45) is 0 Å². The highest BCUT2D eigenvalue weighted by atomic mass is 16.5. The zero-order chi connectivity index (χ0) is 17.4. The maximum absolute atomic E-state index is 12.1. The van der Waals surface area contributed by atoms with Crippen molar-refractivity contribution in [2.75, 3.05) is 13.7 Å². The number of fused-ring (bicyclic) bond motifs is 1. The first-order chi connectivity index (χ1) is 11.4. The van der Waals surface area contributed by atoms with Crippen LogP contribution in [0.2, 0.25) is 0 Å². The molecule has 2 amide bonds. The van der Waals surface area contributed by atoms with Crippen LogP contribution in [0.1, 0.15) is 42.5 Å². The van der Waals surface area contributed by atoms with E-state index >= 15 is 0 Å². The highest BCUT2D eigenvalue weighted by Gasteiger charge is 2.33. The second kappa shape index (κ2) is 5.92. The molecule has 2 heterocycles. The summed E-state index contributed by atoms with van der Waals surface area (Å²) in [4.78, 5) is 37.0. The Morgan fingerprint density at radius 3 is 2.50 bits per heavy atom. The fraction of sp³-hybridized carbons (Fsp3) is 0.294. The molecule has 0 aliphatic carbocycles. The maximum atomic E-state index is 12.1. The number of rotatable bonds is 4. The van der Waals surface area contributed by atoms with Crippen LogP contribution in [0.15, 0.2) is 24.3 Å². The van der Waals surface area contributed by atoms with Crippen molar-refractivity contribution in [3.05, 3.63) is 52.3 Å². The topological polar surface area (TPSA) is 81.5 Å². The van der Waals surface area contributed by atoms with Crippen LogP contribution in [0, 0.1) is 13.8 Å². The lowest BCUT2D eigenvalue weighted by Gasteiger charge is -2.07. The Kier molecular flexibility index (Phi) is 3.92. The number of nitrogens with zero attached hydrogens (tertiary/aromatic N) is 3. The third-order valence-electron chi connectivity index (χ3n) is 3.96. The van der Waals surface area contributed by atoms with Crippen LogP contribution < -0.4 is 0 Å². The molecule has 124 valence electrons. The number of esters is 1. The van der Waals surface area contributed by atoms with Gasteiger partial charge in [-0.05, 0) is 38.1 Å². The van der Waals surface area contributed by atoms with E-state index < -0.39 is 11.9 Å². The summed E-state index contributed by atoms with van der Waals surface area (Å²) in [6, 6.07) is 6.33. The molecule has 0 bridgehead atoms. The number of benzene rings is 1. The number of ether oxygens (including phenoxy) is 1. The molecule has 0 unspecified atom stereocenters. The number of aromatic nitrogens is 2. The molecule has 1 aromatic heterocycles. The summed E-state index contributed by atoms with van der Waals surface area (Å²) in [6.07, 6.45) is 0. The van der Waals surface area contributed by atoms with Gasteiger partial charge in [0.2, 0.25) is 0 Å². The van der Waals surface area contributed by atoms with Crippen LogP contribution in [0.4, 0.5) is 0 Å². The van der Waals surface area contributed by atoms with Crippen molar-refractivity contribution < 1.29 is 19.1 Å². The Labute approximate surface area is 138 Å². The molecule has 0 N–H and O–H groups in total. The van der Waals surface area contributed by atoms with Gasteiger partial charge in [0.1, 0.15) is 6.61 Å². The van der Waals surface area contributed by atoms with E-state index in [1.54, 1.807) is 4.68 Å². The molecule has 2 aromatic rings. The lowest BCUT2D eigenvalue weighted by Crippen LogP contribution is -2.24. The maximum Gasteiger partial charge on any atom is 0.338 e. The summed E-state index contributed by atoms with van der Waals surface area (Å²) < 4.78 is 7.00. The SMILES string of the molecule is Cc1cc(C)n(CCOC(=O)c2ccc3c(c2)C(=O)N(C)C3=O)n1. The summed E-state index contributed by atoms with van der Waals surface area (Å²) >= 11 is 0. The molecule has 0 saturated carbocycles. The number of hydrogen-bond donors (Lipinski definition) is 0. The molecule has 0 radical (unpaired) electrons. The van der Waals surface area contributed by atoms with Gasteiger partial charge in [0.15, 0.2) is 0 Å². The quantitative estimate of drug-likeness (QED) is 0.629. The van der Waals surface area contributed by atoms with Crippen LogP contribution in [-0.2, 0) is 11.3 Å². The number of carbonyl (C=O) groups is 3. The van der Waals surface area contributed by atoms with E-state index in [2.05, 4.69) is 5.10 Å². The minimum absolute atomic E-state index is 0.171. The lowest BCUT2D eigenvalue weighted by molar-refractivity contribution is 0.0486. The first-order valence-corrected chi connectivity index (χ1v) is 7.53. The van der Waals surface area contributed by atoms with Crippen molar-refractivity contribution >= 4 is 17.8 Å². The zero-order valence-corrected chi connectivity index (χ0v) is 13.7. The highest BCUT2D eigenvalue weighted by Crippen LogP contribution is 2.23. The van der Waals surface area contributed by atoms with E-state index in [9.17, 15) is 14.4 Å². The fourth-order valence-corrected chi connectivity index (χ4v) is 2.70. The summed E-state index contributed by atoms with van der Waals surface area (Å²) in [7, 11) is 1.41. The van der Waals surface area contributed by atoms with Gasteiger partial charge in [0.05, 0.1) is 28.9 Å². The number of imide groups is 1. The summed E-state index contributed by atoms with van der Waals surface area (Å²) in [6.45, 7) is 4.46. The number of amides is 2. The van der Waals surface area contributed by atoms with E-state index in [0.717, 1.165) is 16.3 Å². The van der Waals surface area contributed by atoms with Crippen LogP contribution in [0.25, 0.3) is 0 Å². The van der Waals surface area contributed by atoms with E-state index in [0.29, 0.717) is 12.1 Å². The average Bonchev–Trinajstić information content (AvgIpc) is 2.99. The van der Waals surface area contributed by atoms with Gasteiger partial charge in [-0.1, -0.05) is 0 Å². The van der Waals surface area contributed by atoms with Crippen LogP contribution in [0.3, 0.4) is 0 Å². The molecule has 1 aliphatic heterocycles. The van der Waals surface area contributed by atoms with Crippen molar-refractivity contribution in [1.82, 2.24) is 14.7 Å². The number of carbonyl (C=O) groups excluding carboxylic acids is 3. The van der Waals surface area contributed by atoms with Crippen LogP contribution in [0.5, 0.6) is 0 Å². The number of aryl methyl sites for hydroxylation is 2. The second-order valence-corrected chi connectivity index (χ2v) is 5.72. The van der Waals surface area contributed by atoms with E-state index in [-0.39, 0.29) is 23.6 Å². The molecule has 7 nitrogen and oxygen atoms in total. The zero-order valence-electron chi connectivity index (χ0n) is 13.7. The highest BCUT2D eigenvalue weighted by molar-refractivity contribution is 6.21. The van der Waals surface area contributed by atoms with Crippen LogP contribution >= 0.6 is 0 Å². The minimum Gasteiger partial charge on any atom is -0.460 e. The largest absolute Gasteiger partial charge is 0.460 e. The van der Waals surface area contributed by atoms with E-state index in [1.165, 1.54) is 25.2 Å². The van der Waals surface area contributed by atoms with Crippen molar-refractivity contribution in [1.29, 1.82) is 0 Å². The summed E-state index contributed by atoms with van der Waals surface area (Å²) in [5.41, 5.74) is 2.69. The Morgan fingerprint density at radius 2 is 1.83 bits per heavy atom. The fourth-order valence-electron chi connectivity index (χ4n) is 2.70. The molecule has 0 saturated heterocycles. The minimum atomic E-state index is -0.533. The average molecular weight is 327 g/mol. The van der Waals surface area contributed by atoms with Gasteiger partial charge >= 0.3 is 5.97 Å². The Bertz CT molecular complexity index is 854. The van der Waals surface area contributed by atoms with Gasteiger partial charge in [-0.3, -0.25) is 19.2 Å². The third-order valence-corrected chi connectivity index (χ3v) is 3.96. The number of hydrogen-bond acceptors (Lipinski definition) is 5. The van der Waals surface area contributed by atoms with Crippen LogP contribution in [-0.4, -0.2) is 46.1 Å². The summed E-state index contributed by atoms with van der Waals surface area (Å²) in [5, 5.41) is 4.29. The predicted molar refractivity (Wildman–Crippen MR) is 84.8 cm³/mol. The lowest BCUT2D eigenvalue weighted by atomic mass is 10.1. The van der Waals surface area contributed by atoms with Gasteiger partial charge in [-0.15, -0.1) is 0 Å².